The van der Waals surface area contributed by atoms with E-state index in [0.29, 0.717) is 5.56 Å². The molecule has 0 spiro atoms. The summed E-state index contributed by atoms with van der Waals surface area (Å²) in [5, 5.41) is 12.7. The Hall–Kier alpha value is -4.72. The summed E-state index contributed by atoms with van der Waals surface area (Å²) in [6.45, 7) is 0. The smallest absolute Gasteiger partial charge is 0.124 e. The molecule has 0 unspecified atom stereocenters. The number of thiazole rings is 1. The van der Waals surface area contributed by atoms with E-state index in [1.165, 1.54) is 26.5 Å². The van der Waals surface area contributed by atoms with Gasteiger partial charge in [0.25, 0.3) is 0 Å². The minimum atomic E-state index is 0.656. The number of rotatable bonds is 3. The van der Waals surface area contributed by atoms with Gasteiger partial charge in [-0.3, -0.25) is 0 Å². The lowest BCUT2D eigenvalue weighted by atomic mass is 10.0. The number of aromatic nitrogens is 2. The predicted octanol–water partition coefficient (Wildman–Crippen LogP) is 8.60. The zero-order valence-corrected chi connectivity index (χ0v) is 20.0. The van der Waals surface area contributed by atoms with Crippen molar-refractivity contribution in [1.29, 1.82) is 5.26 Å². The van der Waals surface area contributed by atoms with Gasteiger partial charge in [-0.2, -0.15) is 5.26 Å². The van der Waals surface area contributed by atoms with Crippen molar-refractivity contribution in [2.75, 3.05) is 0 Å². The molecule has 0 atom stereocenters. The molecule has 2 heterocycles. The number of benzene rings is 5. The van der Waals surface area contributed by atoms with Crippen molar-refractivity contribution in [1.82, 2.24) is 9.55 Å². The molecule has 7 rings (SSSR count). The molecule has 0 N–H and O–H groups in total. The number of nitrogens with zero attached hydrogens (tertiary/aromatic N) is 3. The van der Waals surface area contributed by atoms with Crippen LogP contribution >= 0.6 is 11.3 Å². The Labute approximate surface area is 212 Å². The Balaban J connectivity index is 1.53. The van der Waals surface area contributed by atoms with Gasteiger partial charge in [0, 0.05) is 22.0 Å². The molecule has 36 heavy (non-hydrogen) atoms. The van der Waals surface area contributed by atoms with E-state index in [0.717, 1.165) is 32.9 Å². The molecule has 0 amide bonds. The van der Waals surface area contributed by atoms with Gasteiger partial charge in [-0.15, -0.1) is 11.3 Å². The van der Waals surface area contributed by atoms with Crippen LogP contribution in [0, 0.1) is 11.3 Å². The maximum Gasteiger partial charge on any atom is 0.124 e. The van der Waals surface area contributed by atoms with Gasteiger partial charge in [0.05, 0.1) is 32.9 Å². The van der Waals surface area contributed by atoms with Crippen LogP contribution < -0.4 is 0 Å². The first-order valence-electron chi connectivity index (χ1n) is 11.8. The highest BCUT2D eigenvalue weighted by molar-refractivity contribution is 7.21. The summed E-state index contributed by atoms with van der Waals surface area (Å²) < 4.78 is 3.52. The van der Waals surface area contributed by atoms with Crippen molar-refractivity contribution in [2.24, 2.45) is 0 Å². The first kappa shape index (κ1) is 20.6. The average Bonchev–Trinajstić information content (AvgIpc) is 3.52. The van der Waals surface area contributed by atoms with Crippen molar-refractivity contribution < 1.29 is 0 Å². The molecule has 0 aliphatic rings. The number of fused-ring (bicyclic) bond motifs is 4. The normalized spacial score (nSPS) is 11.3. The van der Waals surface area contributed by atoms with Crippen LogP contribution in [-0.4, -0.2) is 9.55 Å². The van der Waals surface area contributed by atoms with E-state index in [1.807, 2.05) is 30.3 Å². The molecule has 7 aromatic rings. The molecular formula is C32H19N3S. The Morgan fingerprint density at radius 3 is 1.97 bits per heavy atom. The van der Waals surface area contributed by atoms with Crippen LogP contribution in [0.5, 0.6) is 0 Å². The highest BCUT2D eigenvalue weighted by Crippen LogP contribution is 2.37. The van der Waals surface area contributed by atoms with Crippen LogP contribution in [0.3, 0.4) is 0 Å². The standard InChI is InChI=1S/C32H19N3S/c33-20-21-13-15-22(16-14-21)23-17-24(32-34-28-9-3-6-12-31(28)36-32)19-25(18-23)35-29-10-4-1-7-26(29)27-8-2-5-11-30(27)35/h1-19H. The second-order valence-electron chi connectivity index (χ2n) is 8.81. The molecule has 0 saturated heterocycles. The predicted molar refractivity (Wildman–Crippen MR) is 150 cm³/mol. The molecule has 5 aromatic carbocycles. The van der Waals surface area contributed by atoms with Crippen molar-refractivity contribution >= 4 is 43.4 Å². The molecule has 0 bridgehead atoms. The molecule has 0 radical (unpaired) electrons. The molecule has 2 aromatic heterocycles. The number of para-hydroxylation sites is 3. The summed E-state index contributed by atoms with van der Waals surface area (Å²) in [4.78, 5) is 4.96. The zero-order valence-electron chi connectivity index (χ0n) is 19.2. The lowest BCUT2D eigenvalue weighted by Crippen LogP contribution is -1.96. The van der Waals surface area contributed by atoms with Gasteiger partial charge >= 0.3 is 0 Å². The van der Waals surface area contributed by atoms with E-state index in [-0.39, 0.29) is 0 Å². The molecule has 4 heteroatoms. The fourth-order valence-electron chi connectivity index (χ4n) is 4.96. The summed E-state index contributed by atoms with van der Waals surface area (Å²) in [5.74, 6) is 0. The lowest BCUT2D eigenvalue weighted by molar-refractivity contribution is 1.18. The molecule has 0 fully saturated rings. The Morgan fingerprint density at radius 1 is 0.639 bits per heavy atom. The zero-order chi connectivity index (χ0) is 24.1. The fourth-order valence-corrected chi connectivity index (χ4v) is 5.92. The van der Waals surface area contributed by atoms with Crippen LogP contribution in [0.15, 0.2) is 115 Å². The van der Waals surface area contributed by atoms with Crippen molar-refractivity contribution in [2.45, 2.75) is 0 Å². The van der Waals surface area contributed by atoms with Crippen LogP contribution in [0.25, 0.3) is 59.4 Å². The van der Waals surface area contributed by atoms with Crippen LogP contribution in [0.2, 0.25) is 0 Å². The van der Waals surface area contributed by atoms with E-state index in [1.54, 1.807) is 11.3 Å². The fraction of sp³-hybridized carbons (Fsp3) is 0. The van der Waals surface area contributed by atoms with Crippen molar-refractivity contribution in [3.05, 3.63) is 121 Å². The third-order valence-electron chi connectivity index (χ3n) is 6.64. The monoisotopic (exact) mass is 477 g/mol. The van der Waals surface area contributed by atoms with Gasteiger partial charge in [-0.05, 0) is 65.7 Å². The summed E-state index contributed by atoms with van der Waals surface area (Å²) >= 11 is 1.71. The van der Waals surface area contributed by atoms with Gasteiger partial charge in [0.15, 0.2) is 0 Å². The Kier molecular flexibility index (Phi) is 4.70. The van der Waals surface area contributed by atoms with E-state index < -0.39 is 0 Å². The van der Waals surface area contributed by atoms with Gasteiger partial charge in [0.1, 0.15) is 5.01 Å². The van der Waals surface area contributed by atoms with E-state index in [4.69, 9.17) is 4.98 Å². The first-order chi connectivity index (χ1) is 17.8. The molecule has 168 valence electrons. The minimum absolute atomic E-state index is 0.656. The molecule has 3 nitrogen and oxygen atoms in total. The maximum absolute atomic E-state index is 9.27. The molecule has 0 aliphatic heterocycles. The molecule has 0 aliphatic carbocycles. The van der Waals surface area contributed by atoms with E-state index >= 15 is 0 Å². The van der Waals surface area contributed by atoms with E-state index in [2.05, 4.69) is 95.6 Å². The summed E-state index contributed by atoms with van der Waals surface area (Å²) in [7, 11) is 0. The highest BCUT2D eigenvalue weighted by Gasteiger charge is 2.15. The highest BCUT2D eigenvalue weighted by atomic mass is 32.1. The van der Waals surface area contributed by atoms with Crippen LogP contribution in [0.1, 0.15) is 5.56 Å². The van der Waals surface area contributed by atoms with E-state index in [9.17, 15) is 5.26 Å². The minimum Gasteiger partial charge on any atom is -0.309 e. The number of nitriles is 1. The molecular weight excluding hydrogens is 458 g/mol. The second kappa shape index (κ2) is 8.20. The van der Waals surface area contributed by atoms with Gasteiger partial charge in [-0.1, -0.05) is 60.7 Å². The topological polar surface area (TPSA) is 41.6 Å². The molecule has 0 saturated carbocycles. The number of hydrogen-bond donors (Lipinski definition) is 0. The summed E-state index contributed by atoms with van der Waals surface area (Å²) in [5.41, 5.74) is 8.34. The average molecular weight is 478 g/mol. The quantitative estimate of drug-likeness (QED) is 0.256. The first-order valence-corrected chi connectivity index (χ1v) is 12.6. The van der Waals surface area contributed by atoms with Crippen molar-refractivity contribution in [3.8, 4) is 33.5 Å². The SMILES string of the molecule is N#Cc1ccc(-c2cc(-c3nc4ccccc4s3)cc(-n3c4ccccc4c4ccccc43)c2)cc1. The summed E-state index contributed by atoms with van der Waals surface area (Å²) in [6, 6.07) is 42.1. The second-order valence-corrected chi connectivity index (χ2v) is 9.84. The number of hydrogen-bond acceptors (Lipinski definition) is 3. The van der Waals surface area contributed by atoms with Gasteiger partial charge in [0.2, 0.25) is 0 Å². The Bertz CT molecular complexity index is 1870. The third-order valence-corrected chi connectivity index (χ3v) is 7.73. The van der Waals surface area contributed by atoms with Crippen molar-refractivity contribution in [3.63, 3.8) is 0 Å². The van der Waals surface area contributed by atoms with Gasteiger partial charge in [-0.25, -0.2) is 4.98 Å². The lowest BCUT2D eigenvalue weighted by Gasteiger charge is -2.13. The maximum atomic E-state index is 9.27. The summed E-state index contributed by atoms with van der Waals surface area (Å²) in [6.07, 6.45) is 0. The largest absolute Gasteiger partial charge is 0.309 e. The van der Waals surface area contributed by atoms with Crippen LogP contribution in [-0.2, 0) is 0 Å². The third kappa shape index (κ3) is 3.30. The Morgan fingerprint density at radius 2 is 1.28 bits per heavy atom. The van der Waals surface area contributed by atoms with Gasteiger partial charge < -0.3 is 4.57 Å². The van der Waals surface area contributed by atoms with Crippen LogP contribution in [0.4, 0.5) is 0 Å².